The molecule has 21 heavy (non-hydrogen) atoms. The summed E-state index contributed by atoms with van der Waals surface area (Å²) in [4.78, 5) is 0. The highest BCUT2D eigenvalue weighted by molar-refractivity contribution is 7.99. The third-order valence-electron chi connectivity index (χ3n) is 4.38. The lowest BCUT2D eigenvalue weighted by Gasteiger charge is -2.41. The number of rotatable bonds is 5. The van der Waals surface area contributed by atoms with Crippen LogP contribution in [-0.4, -0.2) is 36.8 Å². The lowest BCUT2D eigenvalue weighted by molar-refractivity contribution is -0.178. The summed E-state index contributed by atoms with van der Waals surface area (Å²) in [7, 11) is 0. The smallest absolute Gasteiger partial charge is 0.169 e. The Balaban J connectivity index is 1.62. The summed E-state index contributed by atoms with van der Waals surface area (Å²) < 4.78 is 11.9. The molecule has 4 heteroatoms. The summed E-state index contributed by atoms with van der Waals surface area (Å²) in [5.41, 5.74) is 1.39. The third kappa shape index (κ3) is 3.81. The lowest BCUT2D eigenvalue weighted by Crippen LogP contribution is -2.49. The van der Waals surface area contributed by atoms with Crippen molar-refractivity contribution in [1.29, 1.82) is 0 Å². The topological polar surface area (TPSA) is 30.5 Å². The molecule has 1 N–H and O–H groups in total. The number of ether oxygens (including phenoxy) is 2. The molecule has 1 aromatic carbocycles. The molecule has 0 amide bonds. The first-order valence-corrected chi connectivity index (χ1v) is 9.03. The zero-order valence-corrected chi connectivity index (χ0v) is 13.5. The molecule has 2 atom stereocenters. The van der Waals surface area contributed by atoms with Gasteiger partial charge < -0.3 is 14.8 Å². The Morgan fingerprint density at radius 1 is 1.24 bits per heavy atom. The van der Waals surface area contributed by atoms with E-state index in [9.17, 15) is 0 Å². The first-order valence-electron chi connectivity index (χ1n) is 7.98. The van der Waals surface area contributed by atoms with E-state index in [1.54, 1.807) is 0 Å². The first-order chi connectivity index (χ1) is 10.3. The Morgan fingerprint density at radius 2 is 2.00 bits per heavy atom. The van der Waals surface area contributed by atoms with Crippen molar-refractivity contribution in [3.05, 3.63) is 35.9 Å². The highest BCUT2D eigenvalue weighted by Gasteiger charge is 2.44. The maximum atomic E-state index is 5.93. The summed E-state index contributed by atoms with van der Waals surface area (Å²) >= 11 is 2.04. The standard InChI is InChI=1S/C17H25NO2S/c1-2-18-15-8-9-17(19-10-11-20-17)12-16(15)21-13-14-6-4-3-5-7-14/h3-7,15-16,18H,2,8-13H2,1H3. The Labute approximate surface area is 131 Å². The van der Waals surface area contributed by atoms with E-state index in [4.69, 9.17) is 9.47 Å². The molecule has 1 saturated carbocycles. The van der Waals surface area contributed by atoms with Crippen molar-refractivity contribution in [1.82, 2.24) is 5.32 Å². The number of nitrogens with one attached hydrogen (secondary N) is 1. The van der Waals surface area contributed by atoms with Gasteiger partial charge in [-0.05, 0) is 18.5 Å². The van der Waals surface area contributed by atoms with E-state index in [-0.39, 0.29) is 5.79 Å². The van der Waals surface area contributed by atoms with E-state index >= 15 is 0 Å². The van der Waals surface area contributed by atoms with Crippen LogP contribution in [0.15, 0.2) is 30.3 Å². The molecule has 116 valence electrons. The molecule has 3 rings (SSSR count). The summed E-state index contributed by atoms with van der Waals surface area (Å²) in [5.74, 6) is 0.768. The number of thioether (sulfide) groups is 1. The van der Waals surface area contributed by atoms with Crippen molar-refractivity contribution in [3.8, 4) is 0 Å². The van der Waals surface area contributed by atoms with Gasteiger partial charge in [0.1, 0.15) is 0 Å². The summed E-state index contributed by atoms with van der Waals surface area (Å²) in [6.45, 7) is 4.72. The Morgan fingerprint density at radius 3 is 2.71 bits per heavy atom. The van der Waals surface area contributed by atoms with E-state index in [0.717, 1.165) is 44.8 Å². The molecule has 1 aromatic rings. The van der Waals surface area contributed by atoms with Gasteiger partial charge in [0.25, 0.3) is 0 Å². The predicted molar refractivity (Wildman–Crippen MR) is 87.5 cm³/mol. The quantitative estimate of drug-likeness (QED) is 0.905. The van der Waals surface area contributed by atoms with Gasteiger partial charge in [-0.2, -0.15) is 11.8 Å². The van der Waals surface area contributed by atoms with Gasteiger partial charge in [-0.25, -0.2) is 0 Å². The van der Waals surface area contributed by atoms with Crippen LogP contribution in [0, 0.1) is 0 Å². The molecule has 0 aromatic heterocycles. The van der Waals surface area contributed by atoms with Crippen LogP contribution in [0.1, 0.15) is 31.7 Å². The van der Waals surface area contributed by atoms with Crippen molar-refractivity contribution < 1.29 is 9.47 Å². The fourth-order valence-electron chi connectivity index (χ4n) is 3.32. The fraction of sp³-hybridized carbons (Fsp3) is 0.647. The molecule has 1 spiro atoms. The normalized spacial score (nSPS) is 28.0. The van der Waals surface area contributed by atoms with E-state index < -0.39 is 0 Å². The van der Waals surface area contributed by atoms with Gasteiger partial charge >= 0.3 is 0 Å². The van der Waals surface area contributed by atoms with Gasteiger partial charge in [-0.3, -0.25) is 0 Å². The van der Waals surface area contributed by atoms with E-state index in [1.807, 2.05) is 11.8 Å². The van der Waals surface area contributed by atoms with Crippen LogP contribution >= 0.6 is 11.8 Å². The molecule has 1 heterocycles. The fourth-order valence-corrected chi connectivity index (χ4v) is 4.76. The molecular formula is C17H25NO2S. The molecule has 1 aliphatic heterocycles. The summed E-state index contributed by atoms with van der Waals surface area (Å²) in [6, 6.07) is 11.3. The number of hydrogen-bond acceptors (Lipinski definition) is 4. The van der Waals surface area contributed by atoms with Crippen LogP contribution in [0.5, 0.6) is 0 Å². The molecule has 1 saturated heterocycles. The first kappa shape index (κ1) is 15.3. The molecule has 0 radical (unpaired) electrons. The SMILES string of the molecule is CCNC1CCC2(CC1SCc1ccccc1)OCCO2. The zero-order chi connectivity index (χ0) is 14.5. The highest BCUT2D eigenvalue weighted by atomic mass is 32.2. The monoisotopic (exact) mass is 307 g/mol. The van der Waals surface area contributed by atoms with E-state index in [0.29, 0.717) is 11.3 Å². The maximum Gasteiger partial charge on any atom is 0.169 e. The van der Waals surface area contributed by atoms with Crippen LogP contribution in [-0.2, 0) is 15.2 Å². The zero-order valence-electron chi connectivity index (χ0n) is 12.7. The van der Waals surface area contributed by atoms with Gasteiger partial charge in [0.05, 0.1) is 13.2 Å². The second-order valence-electron chi connectivity index (χ2n) is 5.85. The van der Waals surface area contributed by atoms with Crippen molar-refractivity contribution in [2.75, 3.05) is 19.8 Å². The highest BCUT2D eigenvalue weighted by Crippen LogP contribution is 2.41. The third-order valence-corrected chi connectivity index (χ3v) is 5.81. The van der Waals surface area contributed by atoms with Gasteiger partial charge in [0.15, 0.2) is 5.79 Å². The predicted octanol–water partition coefficient (Wildman–Crippen LogP) is 3.19. The second kappa shape index (κ2) is 7.14. The Bertz CT molecular complexity index is 434. The molecule has 1 aliphatic carbocycles. The summed E-state index contributed by atoms with van der Waals surface area (Å²) in [5, 5.41) is 4.20. The van der Waals surface area contributed by atoms with Gasteiger partial charge in [-0.1, -0.05) is 37.3 Å². The van der Waals surface area contributed by atoms with Crippen molar-refractivity contribution >= 4 is 11.8 Å². The van der Waals surface area contributed by atoms with E-state index in [1.165, 1.54) is 5.56 Å². The Hall–Kier alpha value is -0.550. The number of benzene rings is 1. The molecular weight excluding hydrogens is 282 g/mol. The average molecular weight is 307 g/mol. The van der Waals surface area contributed by atoms with Crippen molar-refractivity contribution in [3.63, 3.8) is 0 Å². The molecule has 0 bridgehead atoms. The van der Waals surface area contributed by atoms with Crippen molar-refractivity contribution in [2.24, 2.45) is 0 Å². The van der Waals surface area contributed by atoms with Crippen LogP contribution in [0.2, 0.25) is 0 Å². The van der Waals surface area contributed by atoms with E-state index in [2.05, 4.69) is 42.6 Å². The second-order valence-corrected chi connectivity index (χ2v) is 7.08. The van der Waals surface area contributed by atoms with Gasteiger partial charge in [0.2, 0.25) is 0 Å². The van der Waals surface area contributed by atoms with Gasteiger partial charge in [-0.15, -0.1) is 0 Å². The Kier molecular flexibility index (Phi) is 5.22. The minimum Gasteiger partial charge on any atom is -0.347 e. The molecule has 2 aliphatic rings. The van der Waals surface area contributed by atoms with Crippen LogP contribution in [0.25, 0.3) is 0 Å². The molecule has 3 nitrogen and oxygen atoms in total. The lowest BCUT2D eigenvalue weighted by atomic mass is 9.89. The largest absolute Gasteiger partial charge is 0.347 e. The minimum atomic E-state index is -0.291. The molecule has 2 unspecified atom stereocenters. The van der Waals surface area contributed by atoms with Crippen LogP contribution in [0.4, 0.5) is 0 Å². The van der Waals surface area contributed by atoms with Gasteiger partial charge in [0, 0.05) is 29.9 Å². The van der Waals surface area contributed by atoms with Crippen molar-refractivity contribution in [2.45, 2.75) is 49.0 Å². The minimum absolute atomic E-state index is 0.291. The molecule has 2 fully saturated rings. The average Bonchev–Trinajstić information content (AvgIpc) is 2.97. The van der Waals surface area contributed by atoms with Crippen LogP contribution in [0.3, 0.4) is 0 Å². The van der Waals surface area contributed by atoms with Crippen LogP contribution < -0.4 is 5.32 Å². The summed E-state index contributed by atoms with van der Waals surface area (Å²) in [6.07, 6.45) is 3.16. The number of hydrogen-bond donors (Lipinski definition) is 1. The maximum absolute atomic E-state index is 5.93.